The van der Waals surface area contributed by atoms with E-state index in [0.717, 1.165) is 9.91 Å². The van der Waals surface area contributed by atoms with Gasteiger partial charge in [-0.15, -0.1) is 0 Å². The number of nitrogens with zero attached hydrogens (tertiary/aromatic N) is 5. The second-order valence-corrected chi connectivity index (χ2v) is 12.3. The number of carbonyl (C=O) groups is 1. The number of hydrogen-bond acceptors (Lipinski definition) is 8. The average molecular weight is 581 g/mol. The number of nitriles is 1. The van der Waals surface area contributed by atoms with Crippen LogP contribution in [0.3, 0.4) is 0 Å². The monoisotopic (exact) mass is 581 g/mol. The quantitative estimate of drug-likeness (QED) is 0.391. The van der Waals surface area contributed by atoms with Crippen molar-refractivity contribution in [1.29, 1.82) is 5.26 Å². The molecule has 1 amide bonds. The number of benzene rings is 2. The summed E-state index contributed by atoms with van der Waals surface area (Å²) in [5, 5.41) is 29.5. The van der Waals surface area contributed by atoms with E-state index in [9.17, 15) is 24.7 Å². The van der Waals surface area contributed by atoms with Gasteiger partial charge in [-0.2, -0.15) is 0 Å². The Bertz CT molecular complexity index is 1360. The predicted molar refractivity (Wildman–Crippen MR) is 140 cm³/mol. The number of aliphatic hydroxyl groups excluding tert-OH is 1. The molecule has 198 valence electrons. The van der Waals surface area contributed by atoms with Gasteiger partial charge >= 0.3 is 198 Å². The molecule has 11 heteroatoms. The molecule has 9 nitrogen and oxygen atoms in total. The van der Waals surface area contributed by atoms with Crippen LogP contribution in [0.4, 0.5) is 4.39 Å². The summed E-state index contributed by atoms with van der Waals surface area (Å²) in [4.78, 5) is 26.4. The van der Waals surface area contributed by atoms with Crippen molar-refractivity contribution in [2.45, 2.75) is 51.2 Å². The molecule has 0 radical (unpaired) electrons. The van der Waals surface area contributed by atoms with Crippen LogP contribution in [0.15, 0.2) is 48.8 Å². The number of aromatic nitrogens is 3. The normalized spacial score (nSPS) is 18.8. The molecule has 4 rings (SSSR count). The van der Waals surface area contributed by atoms with Crippen molar-refractivity contribution in [2.24, 2.45) is 0 Å². The molecule has 1 aliphatic heterocycles. The van der Waals surface area contributed by atoms with Crippen LogP contribution in [0.5, 0.6) is 5.75 Å². The second-order valence-electron chi connectivity index (χ2n) is 9.64. The van der Waals surface area contributed by atoms with Crippen molar-refractivity contribution >= 4 is 30.6 Å². The van der Waals surface area contributed by atoms with Gasteiger partial charge in [-0.3, -0.25) is 4.79 Å². The maximum atomic E-state index is 14.8. The summed E-state index contributed by atoms with van der Waals surface area (Å²) in [6.07, 6.45) is -1.79. The number of amides is 1. The summed E-state index contributed by atoms with van der Waals surface area (Å²) >= 11 is -0.902. The molecule has 1 unspecified atom stereocenters. The zero-order valence-corrected chi connectivity index (χ0v) is 23.4. The average Bonchev–Trinajstić information content (AvgIpc) is 2.89. The minimum absolute atomic E-state index is 0.176. The molecule has 0 saturated carbocycles. The molecule has 4 atom stereocenters. The summed E-state index contributed by atoms with van der Waals surface area (Å²) in [5.74, 6) is 0.136. The summed E-state index contributed by atoms with van der Waals surface area (Å²) < 4.78 is 22.3. The number of halogens is 1. The van der Waals surface area contributed by atoms with E-state index in [1.165, 1.54) is 18.2 Å². The standard InChI is InChI=1S/C27H29AsFN5O4/c1-16(35)25(36)34-10-9-23(21(29)14-34)38-22-8-7-17(11-18(22)13-30)24-31-15-32-26(33-24)28-20-6-4-5-19(12-20)27(2,3)37/h4-8,11-12,15-16,21,23,28,35,37H,9-10,14H2,1-3H3/t16-,21+,23-/m0/s1. The number of alkyl halides is 1. The molecule has 1 aromatic heterocycles. The Morgan fingerprint density at radius 2 is 2.08 bits per heavy atom. The fraction of sp³-hybridized carbons (Fsp3) is 0.370. The fourth-order valence-corrected chi connectivity index (χ4v) is 6.10. The summed E-state index contributed by atoms with van der Waals surface area (Å²) in [7, 11) is 0. The van der Waals surface area contributed by atoms with E-state index in [1.807, 2.05) is 24.3 Å². The maximum absolute atomic E-state index is 14.8. The van der Waals surface area contributed by atoms with Crippen LogP contribution in [-0.2, 0) is 10.4 Å². The van der Waals surface area contributed by atoms with E-state index in [0.29, 0.717) is 16.0 Å². The molecule has 1 saturated heterocycles. The summed E-state index contributed by atoms with van der Waals surface area (Å²) in [6.45, 7) is 4.91. The molecular weight excluding hydrogens is 552 g/mol. The van der Waals surface area contributed by atoms with Gasteiger partial charge in [0.15, 0.2) is 0 Å². The summed E-state index contributed by atoms with van der Waals surface area (Å²) in [6, 6.07) is 14.7. The van der Waals surface area contributed by atoms with E-state index in [1.54, 1.807) is 32.0 Å². The Morgan fingerprint density at radius 1 is 1.29 bits per heavy atom. The minimum atomic E-state index is -1.46. The number of likely N-dealkylation sites (tertiary alicyclic amines) is 1. The molecule has 3 aromatic rings. The van der Waals surface area contributed by atoms with Gasteiger partial charge in [0.2, 0.25) is 0 Å². The molecule has 1 fully saturated rings. The summed E-state index contributed by atoms with van der Waals surface area (Å²) in [5.41, 5.74) is 0.688. The van der Waals surface area contributed by atoms with Crippen LogP contribution in [0.2, 0.25) is 0 Å². The molecule has 0 aliphatic carbocycles. The van der Waals surface area contributed by atoms with E-state index >= 15 is 0 Å². The molecule has 2 heterocycles. The van der Waals surface area contributed by atoms with Crippen LogP contribution in [0, 0.1) is 11.3 Å². The molecule has 0 bridgehead atoms. The third kappa shape index (κ3) is 6.54. The van der Waals surface area contributed by atoms with E-state index in [-0.39, 0.29) is 30.8 Å². The van der Waals surface area contributed by atoms with Crippen LogP contribution in [0.1, 0.15) is 38.3 Å². The van der Waals surface area contributed by atoms with E-state index < -0.39 is 45.6 Å². The van der Waals surface area contributed by atoms with E-state index in [2.05, 4.69) is 21.0 Å². The third-order valence-electron chi connectivity index (χ3n) is 6.18. The predicted octanol–water partition coefficient (Wildman–Crippen LogP) is 0.724. The first-order valence-corrected chi connectivity index (χ1v) is 14.3. The van der Waals surface area contributed by atoms with Gasteiger partial charge < -0.3 is 5.11 Å². The topological polar surface area (TPSA) is 132 Å². The van der Waals surface area contributed by atoms with Crippen molar-refractivity contribution in [3.05, 3.63) is 59.9 Å². The zero-order valence-electron chi connectivity index (χ0n) is 21.3. The Morgan fingerprint density at radius 3 is 2.76 bits per heavy atom. The van der Waals surface area contributed by atoms with Gasteiger partial charge in [-0.25, -0.2) is 0 Å². The van der Waals surface area contributed by atoms with Crippen molar-refractivity contribution in [3.8, 4) is 23.2 Å². The first kappa shape index (κ1) is 27.6. The molecule has 2 aromatic carbocycles. The number of piperidine rings is 1. The van der Waals surface area contributed by atoms with Crippen LogP contribution < -0.4 is 13.7 Å². The van der Waals surface area contributed by atoms with Gasteiger partial charge in [0.1, 0.15) is 6.10 Å². The number of rotatable bonds is 7. The van der Waals surface area contributed by atoms with Gasteiger partial charge in [-0.1, -0.05) is 0 Å². The Kier molecular flexibility index (Phi) is 8.41. The Labute approximate surface area is 227 Å². The molecular formula is C27H29AsFN5O4. The molecule has 0 spiro atoms. The molecule has 2 N–H and O–H groups in total. The number of hydrogen-bond donors (Lipinski definition) is 2. The van der Waals surface area contributed by atoms with Crippen molar-refractivity contribution < 1.29 is 24.1 Å². The van der Waals surface area contributed by atoms with Crippen molar-refractivity contribution in [1.82, 2.24) is 19.9 Å². The molecule has 1 aliphatic rings. The van der Waals surface area contributed by atoms with Gasteiger partial charge in [0.25, 0.3) is 5.91 Å². The fourth-order valence-electron chi connectivity index (χ4n) is 4.10. The Hall–Kier alpha value is -3.38. The number of ether oxygens (including phenoxy) is 1. The van der Waals surface area contributed by atoms with Crippen molar-refractivity contribution in [2.75, 3.05) is 13.1 Å². The number of carbonyl (C=O) groups excluding carboxylic acids is 1. The molecule has 38 heavy (non-hydrogen) atoms. The van der Waals surface area contributed by atoms with Crippen LogP contribution in [-0.4, -0.2) is 83.2 Å². The zero-order chi connectivity index (χ0) is 27.4. The third-order valence-corrected chi connectivity index (χ3v) is 8.42. The Balaban J connectivity index is 1.49. The first-order valence-electron chi connectivity index (χ1n) is 12.2. The SMILES string of the molecule is C[C@H](O)C(=O)N1CC[C@H](Oc2ccc(-c3ncnc([AsH]c4cccc(C(C)(C)O)c4)n3)cc2C#N)[C@H](F)C1. The second kappa shape index (κ2) is 11.6. The van der Waals surface area contributed by atoms with Gasteiger partial charge in [-0.05, 0) is 6.92 Å². The van der Waals surface area contributed by atoms with E-state index in [4.69, 9.17) is 4.74 Å². The van der Waals surface area contributed by atoms with Gasteiger partial charge in [0.05, 0.1) is 0 Å². The van der Waals surface area contributed by atoms with Crippen LogP contribution >= 0.6 is 0 Å². The number of aliphatic hydroxyl groups is 2. The first-order chi connectivity index (χ1) is 18.0. The van der Waals surface area contributed by atoms with Gasteiger partial charge in [0, 0.05) is 0 Å². The van der Waals surface area contributed by atoms with Crippen molar-refractivity contribution in [3.63, 3.8) is 0 Å². The van der Waals surface area contributed by atoms with Crippen LogP contribution in [0.25, 0.3) is 11.4 Å².